The molecular weight excluding hydrogens is 262 g/mol. The minimum absolute atomic E-state index is 0.499. The van der Waals surface area contributed by atoms with E-state index in [2.05, 4.69) is 36.2 Å². The number of benzene rings is 1. The maximum absolute atomic E-state index is 11.0. The summed E-state index contributed by atoms with van der Waals surface area (Å²) in [5.74, 6) is 0. The Kier molecular flexibility index (Phi) is 2.59. The van der Waals surface area contributed by atoms with Crippen molar-refractivity contribution >= 4 is 38.6 Å². The molecule has 0 aliphatic heterocycles. The first-order chi connectivity index (χ1) is 7.20. The van der Waals surface area contributed by atoms with Crippen LogP contribution in [0.2, 0.25) is 0 Å². The molecule has 0 atom stereocenters. The predicted octanol–water partition coefficient (Wildman–Crippen LogP) is 2.50. The molecule has 2 rings (SSSR count). The number of hydrogen-bond acceptors (Lipinski definition) is 3. The number of nitrogens with zero attached hydrogens (tertiary/aromatic N) is 1. The zero-order valence-electron chi connectivity index (χ0n) is 7.87. The van der Waals surface area contributed by atoms with Gasteiger partial charge in [0.25, 0.3) is 0 Å². The largest absolute Gasteiger partial charge is 0.453 e. The quantitative estimate of drug-likeness (QED) is 0.836. The number of aromatic nitrogens is 2. The molecule has 78 valence electrons. The highest BCUT2D eigenvalue weighted by atomic mass is 79.9. The normalized spacial score (nSPS) is 10.3. The Hall–Kier alpha value is -1.56. The summed E-state index contributed by atoms with van der Waals surface area (Å²) in [5, 5.41) is 10.3. The van der Waals surface area contributed by atoms with Crippen LogP contribution in [0.3, 0.4) is 0 Å². The van der Waals surface area contributed by atoms with Gasteiger partial charge in [-0.25, -0.2) is 4.79 Å². The van der Waals surface area contributed by atoms with Crippen LogP contribution in [0.15, 0.2) is 22.8 Å². The molecule has 0 aliphatic rings. The third kappa shape index (κ3) is 1.94. The van der Waals surface area contributed by atoms with Crippen molar-refractivity contribution in [1.82, 2.24) is 10.2 Å². The number of fused-ring (bicyclic) bond motifs is 1. The van der Waals surface area contributed by atoms with Crippen LogP contribution in [0.5, 0.6) is 0 Å². The second-order valence-electron chi connectivity index (χ2n) is 2.91. The Labute approximate surface area is 93.9 Å². The minimum atomic E-state index is -0.499. The molecular formula is C9H8BrN3O2. The SMILES string of the molecule is COC(=O)Nc1cc(Br)c2cn[nH]c2c1. The monoisotopic (exact) mass is 269 g/mol. The molecule has 0 unspecified atom stereocenters. The summed E-state index contributed by atoms with van der Waals surface area (Å²) in [7, 11) is 1.32. The summed E-state index contributed by atoms with van der Waals surface area (Å²) < 4.78 is 5.36. The molecule has 0 radical (unpaired) electrons. The van der Waals surface area contributed by atoms with Crippen LogP contribution in [0.25, 0.3) is 10.9 Å². The van der Waals surface area contributed by atoms with E-state index >= 15 is 0 Å². The van der Waals surface area contributed by atoms with Crippen molar-refractivity contribution in [2.24, 2.45) is 0 Å². The summed E-state index contributed by atoms with van der Waals surface area (Å²) in [6.45, 7) is 0. The summed E-state index contributed by atoms with van der Waals surface area (Å²) in [6.07, 6.45) is 1.21. The second-order valence-corrected chi connectivity index (χ2v) is 3.76. The van der Waals surface area contributed by atoms with Crippen molar-refractivity contribution < 1.29 is 9.53 Å². The van der Waals surface area contributed by atoms with Gasteiger partial charge in [-0.2, -0.15) is 5.10 Å². The molecule has 0 bridgehead atoms. The van der Waals surface area contributed by atoms with Gasteiger partial charge in [-0.15, -0.1) is 0 Å². The van der Waals surface area contributed by atoms with E-state index in [9.17, 15) is 4.79 Å². The third-order valence-electron chi connectivity index (χ3n) is 1.94. The fourth-order valence-corrected chi connectivity index (χ4v) is 1.81. The minimum Gasteiger partial charge on any atom is -0.453 e. The molecule has 1 amide bonds. The number of aromatic amines is 1. The van der Waals surface area contributed by atoms with E-state index in [0.717, 1.165) is 15.4 Å². The van der Waals surface area contributed by atoms with E-state index in [4.69, 9.17) is 0 Å². The number of amides is 1. The van der Waals surface area contributed by atoms with E-state index in [1.165, 1.54) is 7.11 Å². The van der Waals surface area contributed by atoms with Crippen LogP contribution in [-0.2, 0) is 4.74 Å². The van der Waals surface area contributed by atoms with Gasteiger partial charge in [0.2, 0.25) is 0 Å². The molecule has 0 saturated carbocycles. The van der Waals surface area contributed by atoms with Crippen molar-refractivity contribution in [2.75, 3.05) is 12.4 Å². The van der Waals surface area contributed by atoms with Gasteiger partial charge >= 0.3 is 6.09 Å². The molecule has 1 heterocycles. The van der Waals surface area contributed by atoms with Gasteiger partial charge in [0.1, 0.15) is 0 Å². The molecule has 0 saturated heterocycles. The number of carbonyl (C=O) groups excluding carboxylic acids is 1. The van der Waals surface area contributed by atoms with Crippen LogP contribution in [0.1, 0.15) is 0 Å². The van der Waals surface area contributed by atoms with Gasteiger partial charge in [-0.05, 0) is 28.1 Å². The Balaban J connectivity index is 2.40. The van der Waals surface area contributed by atoms with E-state index in [-0.39, 0.29) is 0 Å². The van der Waals surface area contributed by atoms with Gasteiger partial charge in [0.15, 0.2) is 0 Å². The van der Waals surface area contributed by atoms with Crippen molar-refractivity contribution in [3.8, 4) is 0 Å². The first-order valence-electron chi connectivity index (χ1n) is 4.18. The maximum Gasteiger partial charge on any atom is 0.411 e. The Morgan fingerprint density at radius 1 is 1.60 bits per heavy atom. The van der Waals surface area contributed by atoms with Crippen LogP contribution in [-0.4, -0.2) is 23.4 Å². The van der Waals surface area contributed by atoms with Crippen LogP contribution < -0.4 is 5.32 Å². The fourth-order valence-electron chi connectivity index (χ4n) is 1.25. The summed E-state index contributed by atoms with van der Waals surface area (Å²) >= 11 is 3.39. The zero-order valence-corrected chi connectivity index (χ0v) is 9.46. The highest BCUT2D eigenvalue weighted by molar-refractivity contribution is 9.10. The number of anilines is 1. The Morgan fingerprint density at radius 2 is 2.40 bits per heavy atom. The molecule has 15 heavy (non-hydrogen) atoms. The first-order valence-corrected chi connectivity index (χ1v) is 4.97. The lowest BCUT2D eigenvalue weighted by Gasteiger charge is -2.04. The standard InChI is InChI=1S/C9H8BrN3O2/c1-15-9(14)12-5-2-7(10)6-4-11-13-8(6)3-5/h2-4H,1H3,(H,11,13)(H,12,14). The van der Waals surface area contributed by atoms with E-state index in [0.29, 0.717) is 5.69 Å². The molecule has 5 nitrogen and oxygen atoms in total. The molecule has 1 aromatic heterocycles. The predicted molar refractivity (Wildman–Crippen MR) is 59.8 cm³/mol. The van der Waals surface area contributed by atoms with Crippen molar-refractivity contribution in [3.05, 3.63) is 22.8 Å². The van der Waals surface area contributed by atoms with Gasteiger partial charge in [-0.3, -0.25) is 10.4 Å². The molecule has 6 heteroatoms. The van der Waals surface area contributed by atoms with Crippen LogP contribution in [0.4, 0.5) is 10.5 Å². The zero-order chi connectivity index (χ0) is 10.8. The highest BCUT2D eigenvalue weighted by Gasteiger charge is 2.06. The second kappa shape index (κ2) is 3.90. The Bertz CT molecular complexity index is 509. The molecule has 0 spiro atoms. The number of methoxy groups -OCH3 is 1. The topological polar surface area (TPSA) is 67.0 Å². The summed E-state index contributed by atoms with van der Waals surface area (Å²) in [5.41, 5.74) is 1.49. The smallest absolute Gasteiger partial charge is 0.411 e. The molecule has 2 N–H and O–H groups in total. The lowest BCUT2D eigenvalue weighted by Crippen LogP contribution is -2.10. The number of halogens is 1. The maximum atomic E-state index is 11.0. The number of carbonyl (C=O) groups is 1. The van der Waals surface area contributed by atoms with Crippen molar-refractivity contribution in [3.63, 3.8) is 0 Å². The molecule has 0 aliphatic carbocycles. The number of nitrogens with one attached hydrogen (secondary N) is 2. The summed E-state index contributed by atoms with van der Waals surface area (Å²) in [6, 6.07) is 3.57. The number of H-pyrrole nitrogens is 1. The number of ether oxygens (including phenoxy) is 1. The van der Waals surface area contributed by atoms with Gasteiger partial charge in [0, 0.05) is 15.5 Å². The fraction of sp³-hybridized carbons (Fsp3) is 0.111. The van der Waals surface area contributed by atoms with Crippen molar-refractivity contribution in [1.29, 1.82) is 0 Å². The van der Waals surface area contributed by atoms with Gasteiger partial charge in [-0.1, -0.05) is 0 Å². The number of rotatable bonds is 1. The molecule has 1 aromatic carbocycles. The Morgan fingerprint density at radius 3 is 3.13 bits per heavy atom. The first kappa shape index (κ1) is 9.97. The molecule has 0 fully saturated rings. The number of hydrogen-bond donors (Lipinski definition) is 2. The molecule has 2 aromatic rings. The average Bonchev–Trinajstić information content (AvgIpc) is 2.66. The van der Waals surface area contributed by atoms with Crippen LogP contribution in [0, 0.1) is 0 Å². The van der Waals surface area contributed by atoms with Gasteiger partial charge < -0.3 is 4.74 Å². The van der Waals surface area contributed by atoms with E-state index < -0.39 is 6.09 Å². The van der Waals surface area contributed by atoms with Crippen LogP contribution >= 0.6 is 15.9 Å². The lowest BCUT2D eigenvalue weighted by atomic mass is 10.2. The third-order valence-corrected chi connectivity index (χ3v) is 2.60. The van der Waals surface area contributed by atoms with Crippen molar-refractivity contribution in [2.45, 2.75) is 0 Å². The average molecular weight is 270 g/mol. The van der Waals surface area contributed by atoms with E-state index in [1.807, 2.05) is 0 Å². The lowest BCUT2D eigenvalue weighted by molar-refractivity contribution is 0.187. The van der Waals surface area contributed by atoms with Gasteiger partial charge in [0.05, 0.1) is 18.8 Å². The summed E-state index contributed by atoms with van der Waals surface area (Å²) in [4.78, 5) is 11.0. The highest BCUT2D eigenvalue weighted by Crippen LogP contribution is 2.26. The van der Waals surface area contributed by atoms with E-state index in [1.54, 1.807) is 18.3 Å².